The molecule has 0 spiro atoms. The molecule has 0 radical (unpaired) electrons. The van der Waals surface area contributed by atoms with Gasteiger partial charge in [0.1, 0.15) is 0 Å². The van der Waals surface area contributed by atoms with E-state index < -0.39 is 0 Å². The molecule has 0 atom stereocenters. The lowest BCUT2D eigenvalue weighted by Gasteiger charge is -2.36. The van der Waals surface area contributed by atoms with Crippen LogP contribution < -0.4 is 5.32 Å². The highest BCUT2D eigenvalue weighted by Crippen LogP contribution is 2.30. The van der Waals surface area contributed by atoms with E-state index in [2.05, 4.69) is 43.3 Å². The van der Waals surface area contributed by atoms with Crippen LogP contribution in [0.1, 0.15) is 12.8 Å². The highest BCUT2D eigenvalue weighted by molar-refractivity contribution is 9.11. The lowest BCUT2D eigenvalue weighted by atomic mass is 10.1. The largest absolute Gasteiger partial charge is 0.419 e. The number of hydrogen-bond acceptors (Lipinski definition) is 6. The molecule has 0 unspecified atom stereocenters. The molecular weight excluding hydrogens is 328 g/mol. The van der Waals surface area contributed by atoms with Crippen LogP contribution in [0.15, 0.2) is 20.3 Å². The maximum absolute atomic E-state index is 5.74. The summed E-state index contributed by atoms with van der Waals surface area (Å²) in [5, 5.41) is 11.5. The van der Waals surface area contributed by atoms with Crippen LogP contribution in [-0.2, 0) is 6.54 Å². The third-order valence-corrected chi connectivity index (χ3v) is 4.88. The van der Waals surface area contributed by atoms with Crippen LogP contribution in [0, 0.1) is 0 Å². The number of likely N-dealkylation sites (N-methyl/N-ethyl adjacent to an activating group) is 1. The molecule has 3 rings (SSSR count). The summed E-state index contributed by atoms with van der Waals surface area (Å²) in [7, 11) is 0. The van der Waals surface area contributed by atoms with Crippen LogP contribution in [0.2, 0.25) is 0 Å². The van der Waals surface area contributed by atoms with Gasteiger partial charge in [-0.25, -0.2) is 0 Å². The summed E-state index contributed by atoms with van der Waals surface area (Å²) < 4.78 is 6.81. The third kappa shape index (κ3) is 2.89. The summed E-state index contributed by atoms with van der Waals surface area (Å²) in [6, 6.07) is 4.57. The third-order valence-electron chi connectivity index (χ3n) is 3.27. The number of thiophene rings is 1. The predicted molar refractivity (Wildman–Crippen MR) is 78.1 cm³/mol. The van der Waals surface area contributed by atoms with E-state index in [1.807, 2.05) is 12.1 Å². The predicted octanol–water partition coefficient (Wildman–Crippen LogP) is 2.35. The van der Waals surface area contributed by atoms with E-state index in [9.17, 15) is 0 Å². The second-order valence-corrected chi connectivity index (χ2v) is 6.94. The van der Waals surface area contributed by atoms with E-state index in [1.54, 1.807) is 11.3 Å². The fraction of sp³-hybridized carbons (Fsp3) is 0.500. The van der Waals surface area contributed by atoms with Crippen molar-refractivity contribution in [2.75, 3.05) is 19.6 Å². The zero-order valence-electron chi connectivity index (χ0n) is 10.6. The smallest absolute Gasteiger partial charge is 0.257 e. The quantitative estimate of drug-likeness (QED) is 0.903. The van der Waals surface area contributed by atoms with Crippen LogP contribution >= 0.6 is 27.3 Å². The first-order valence-electron chi connectivity index (χ1n) is 6.29. The molecule has 102 valence electrons. The molecule has 1 N–H and O–H groups in total. The van der Waals surface area contributed by atoms with Crippen molar-refractivity contribution in [2.45, 2.75) is 19.5 Å². The fourth-order valence-corrected chi connectivity index (χ4v) is 3.36. The van der Waals surface area contributed by atoms with Gasteiger partial charge in [-0.2, -0.15) is 0 Å². The average molecular weight is 343 g/mol. The van der Waals surface area contributed by atoms with Gasteiger partial charge in [-0.15, -0.1) is 21.5 Å². The van der Waals surface area contributed by atoms with Crippen molar-refractivity contribution in [3.8, 4) is 10.8 Å². The molecule has 1 saturated heterocycles. The molecule has 5 nitrogen and oxygen atoms in total. The summed E-state index contributed by atoms with van der Waals surface area (Å²) >= 11 is 5.03. The molecule has 0 bridgehead atoms. The first-order chi connectivity index (χ1) is 9.26. The molecule has 0 amide bonds. The summed E-state index contributed by atoms with van der Waals surface area (Å²) in [5.41, 5.74) is 0. The zero-order valence-corrected chi connectivity index (χ0v) is 13.0. The second-order valence-electron chi connectivity index (χ2n) is 4.48. The van der Waals surface area contributed by atoms with Gasteiger partial charge < -0.3 is 9.73 Å². The Morgan fingerprint density at radius 3 is 2.89 bits per heavy atom. The number of halogens is 1. The van der Waals surface area contributed by atoms with Crippen molar-refractivity contribution in [1.82, 2.24) is 20.4 Å². The summed E-state index contributed by atoms with van der Waals surface area (Å²) in [5.74, 6) is 1.29. The lowest BCUT2D eigenvalue weighted by molar-refractivity contribution is 0.133. The van der Waals surface area contributed by atoms with Crippen molar-refractivity contribution >= 4 is 27.3 Å². The van der Waals surface area contributed by atoms with Crippen LogP contribution in [0.4, 0.5) is 0 Å². The first kappa shape index (κ1) is 13.2. The van der Waals surface area contributed by atoms with Crippen molar-refractivity contribution in [1.29, 1.82) is 0 Å². The van der Waals surface area contributed by atoms with Crippen molar-refractivity contribution in [3.05, 3.63) is 21.8 Å². The van der Waals surface area contributed by atoms with Gasteiger partial charge in [0.2, 0.25) is 5.89 Å². The van der Waals surface area contributed by atoms with Crippen molar-refractivity contribution in [2.24, 2.45) is 0 Å². The van der Waals surface area contributed by atoms with Crippen molar-refractivity contribution in [3.63, 3.8) is 0 Å². The first-order valence-corrected chi connectivity index (χ1v) is 7.90. The number of aromatic nitrogens is 2. The zero-order chi connectivity index (χ0) is 13.2. The minimum Gasteiger partial charge on any atom is -0.419 e. The summed E-state index contributed by atoms with van der Waals surface area (Å²) in [6.45, 7) is 5.97. The molecule has 0 aromatic carbocycles. The second kappa shape index (κ2) is 5.70. The molecule has 1 aliphatic heterocycles. The topological polar surface area (TPSA) is 54.2 Å². The van der Waals surface area contributed by atoms with Gasteiger partial charge in [0.05, 0.1) is 15.2 Å². The van der Waals surface area contributed by atoms with Crippen LogP contribution in [0.3, 0.4) is 0 Å². The van der Waals surface area contributed by atoms with E-state index >= 15 is 0 Å². The van der Waals surface area contributed by atoms with E-state index in [-0.39, 0.29) is 0 Å². The highest BCUT2D eigenvalue weighted by Gasteiger charge is 2.25. The minimum atomic E-state index is 0.594. The fourth-order valence-electron chi connectivity index (χ4n) is 2.05. The molecule has 3 heterocycles. The monoisotopic (exact) mass is 342 g/mol. The molecule has 1 aliphatic rings. The van der Waals surface area contributed by atoms with Crippen LogP contribution in [0.25, 0.3) is 10.8 Å². The Hall–Kier alpha value is -0.760. The Balaban J connectivity index is 1.70. The van der Waals surface area contributed by atoms with E-state index in [1.165, 1.54) is 0 Å². The van der Waals surface area contributed by atoms with Crippen LogP contribution in [0.5, 0.6) is 0 Å². The van der Waals surface area contributed by atoms with Gasteiger partial charge in [-0.05, 0) is 34.6 Å². The Kier molecular flexibility index (Phi) is 3.97. The molecule has 0 aliphatic carbocycles. The van der Waals surface area contributed by atoms with Gasteiger partial charge in [0, 0.05) is 19.1 Å². The highest BCUT2D eigenvalue weighted by atomic mass is 79.9. The normalized spacial score (nSPS) is 15.9. The number of nitrogens with zero attached hydrogens (tertiary/aromatic N) is 3. The molecule has 2 aromatic rings. The lowest BCUT2D eigenvalue weighted by Crippen LogP contribution is -2.56. The van der Waals surface area contributed by atoms with Gasteiger partial charge in [0.25, 0.3) is 5.89 Å². The molecule has 0 saturated carbocycles. The number of hydrogen-bond donors (Lipinski definition) is 1. The van der Waals surface area contributed by atoms with Gasteiger partial charge in [-0.1, -0.05) is 6.92 Å². The molecule has 19 heavy (non-hydrogen) atoms. The Bertz CT molecular complexity index is 551. The van der Waals surface area contributed by atoms with E-state index in [0.29, 0.717) is 17.8 Å². The van der Waals surface area contributed by atoms with E-state index in [4.69, 9.17) is 4.42 Å². The SMILES string of the molecule is CCN(Cc1nnc(-c2ccc(Br)s2)o1)C1CNC1. The van der Waals surface area contributed by atoms with Gasteiger partial charge in [0.15, 0.2) is 0 Å². The Labute approximate surface area is 124 Å². The van der Waals surface area contributed by atoms with Crippen LogP contribution in [-0.4, -0.2) is 40.8 Å². The van der Waals surface area contributed by atoms with Gasteiger partial charge in [-0.3, -0.25) is 4.90 Å². The maximum atomic E-state index is 5.74. The van der Waals surface area contributed by atoms with Gasteiger partial charge >= 0.3 is 0 Å². The molecule has 1 fully saturated rings. The average Bonchev–Trinajstić information content (AvgIpc) is 2.94. The molecule has 7 heteroatoms. The Morgan fingerprint density at radius 1 is 1.47 bits per heavy atom. The minimum absolute atomic E-state index is 0.594. The van der Waals surface area contributed by atoms with Crippen molar-refractivity contribution < 1.29 is 4.42 Å². The Morgan fingerprint density at radius 2 is 2.32 bits per heavy atom. The standard InChI is InChI=1S/C12H15BrN4OS/c1-2-17(8-5-14-6-8)7-11-15-16-12(18-11)9-3-4-10(13)19-9/h3-4,8,14H,2,5-7H2,1H3. The molecule has 2 aromatic heterocycles. The summed E-state index contributed by atoms with van der Waals surface area (Å²) in [4.78, 5) is 3.36. The number of rotatable bonds is 5. The number of nitrogens with one attached hydrogen (secondary N) is 1. The molecular formula is C12H15BrN4OS. The maximum Gasteiger partial charge on any atom is 0.257 e. The summed E-state index contributed by atoms with van der Waals surface area (Å²) in [6.07, 6.45) is 0. The van der Waals surface area contributed by atoms with E-state index in [0.717, 1.165) is 34.8 Å².